The quantitative estimate of drug-likeness (QED) is 0.380. The van der Waals surface area contributed by atoms with Gasteiger partial charge in [-0.1, -0.05) is 24.0 Å². The molecule has 0 unspecified atom stereocenters. The highest BCUT2D eigenvalue weighted by Crippen LogP contribution is 2.22. The van der Waals surface area contributed by atoms with E-state index in [1.54, 1.807) is 30.1 Å². The summed E-state index contributed by atoms with van der Waals surface area (Å²) in [6, 6.07) is 12.8. The summed E-state index contributed by atoms with van der Waals surface area (Å²) in [5.41, 5.74) is 10.6. The number of carbonyl (C=O) groups excluding carboxylic acids is 1. The number of nitrogens with zero attached hydrogens (tertiary/aromatic N) is 2. The molecule has 0 atom stereocenters. The Morgan fingerprint density at radius 1 is 1.04 bits per heavy atom. The van der Waals surface area contributed by atoms with Gasteiger partial charge in [-0.05, 0) is 35.9 Å². The number of hydrogen-bond acceptors (Lipinski definition) is 5. The second kappa shape index (κ2) is 7.25. The summed E-state index contributed by atoms with van der Waals surface area (Å²) >= 11 is 0. The Hall–Kier alpha value is -3.69. The number of hydroxylamine groups is 1. The molecular formula is C19H14N4O2. The molecular weight excluding hydrogens is 316 g/mol. The van der Waals surface area contributed by atoms with Crippen molar-refractivity contribution in [3.63, 3.8) is 0 Å². The van der Waals surface area contributed by atoms with Crippen LogP contribution in [-0.2, 0) is 0 Å². The third kappa shape index (κ3) is 3.80. The van der Waals surface area contributed by atoms with Crippen LogP contribution in [-0.4, -0.2) is 21.1 Å². The highest BCUT2D eigenvalue weighted by atomic mass is 16.5. The summed E-state index contributed by atoms with van der Waals surface area (Å²) in [5.74, 6) is 5.45. The van der Waals surface area contributed by atoms with Gasteiger partial charge in [-0.2, -0.15) is 0 Å². The highest BCUT2D eigenvalue weighted by molar-refractivity contribution is 5.98. The minimum absolute atomic E-state index is 0.0502. The van der Waals surface area contributed by atoms with Crippen LogP contribution in [0.2, 0.25) is 0 Å². The first-order valence-electron chi connectivity index (χ1n) is 7.40. The molecule has 4 N–H and O–H groups in total. The average molecular weight is 330 g/mol. The number of nitrogens with two attached hydrogens (primary N) is 1. The molecule has 3 rings (SSSR count). The van der Waals surface area contributed by atoms with Gasteiger partial charge in [0.1, 0.15) is 5.82 Å². The van der Waals surface area contributed by atoms with Crippen LogP contribution < -0.4 is 11.2 Å². The summed E-state index contributed by atoms with van der Waals surface area (Å²) in [6.45, 7) is 0. The lowest BCUT2D eigenvalue weighted by atomic mass is 10.0. The van der Waals surface area contributed by atoms with Crippen LogP contribution in [0, 0.1) is 11.8 Å². The summed E-state index contributed by atoms with van der Waals surface area (Å²) in [7, 11) is 0. The van der Waals surface area contributed by atoms with E-state index in [0.717, 1.165) is 16.7 Å². The van der Waals surface area contributed by atoms with Gasteiger partial charge < -0.3 is 5.73 Å². The first-order chi connectivity index (χ1) is 12.2. The van der Waals surface area contributed by atoms with Crippen molar-refractivity contribution in [1.82, 2.24) is 15.4 Å². The smallest absolute Gasteiger partial charge is 0.278 e. The monoisotopic (exact) mass is 330 g/mol. The molecule has 0 bridgehead atoms. The maximum Gasteiger partial charge on any atom is 0.278 e. The van der Waals surface area contributed by atoms with Crippen molar-refractivity contribution in [2.75, 3.05) is 5.73 Å². The SMILES string of the molecule is Nc1ncc(-c2ccc(C#Cc3cccnc3)cc2)cc1C(=O)NO. The zero-order chi connectivity index (χ0) is 17.6. The van der Waals surface area contributed by atoms with E-state index in [4.69, 9.17) is 10.9 Å². The molecule has 25 heavy (non-hydrogen) atoms. The molecule has 0 aliphatic carbocycles. The second-order valence-corrected chi connectivity index (χ2v) is 5.17. The van der Waals surface area contributed by atoms with Crippen molar-refractivity contribution in [3.8, 4) is 23.0 Å². The van der Waals surface area contributed by atoms with Crippen molar-refractivity contribution in [3.05, 3.63) is 77.7 Å². The Bertz CT molecular complexity index is 958. The van der Waals surface area contributed by atoms with Crippen molar-refractivity contribution < 1.29 is 10.0 Å². The van der Waals surface area contributed by atoms with Crippen molar-refractivity contribution in [2.45, 2.75) is 0 Å². The maximum absolute atomic E-state index is 11.6. The number of rotatable bonds is 2. The zero-order valence-electron chi connectivity index (χ0n) is 13.1. The number of hydrogen-bond donors (Lipinski definition) is 3. The van der Waals surface area contributed by atoms with Gasteiger partial charge in [0.2, 0.25) is 0 Å². The number of aromatic nitrogens is 2. The Morgan fingerprint density at radius 3 is 2.48 bits per heavy atom. The van der Waals surface area contributed by atoms with Gasteiger partial charge in [-0.25, -0.2) is 10.5 Å². The molecule has 0 saturated carbocycles. The zero-order valence-corrected chi connectivity index (χ0v) is 13.1. The lowest BCUT2D eigenvalue weighted by molar-refractivity contribution is 0.0707. The van der Waals surface area contributed by atoms with Crippen LogP contribution in [0.1, 0.15) is 21.5 Å². The summed E-state index contributed by atoms with van der Waals surface area (Å²) < 4.78 is 0. The van der Waals surface area contributed by atoms with Gasteiger partial charge in [0.15, 0.2) is 0 Å². The normalized spacial score (nSPS) is 9.80. The number of nitrogens with one attached hydrogen (secondary N) is 1. The van der Waals surface area contributed by atoms with E-state index in [1.807, 2.05) is 36.4 Å². The van der Waals surface area contributed by atoms with E-state index in [0.29, 0.717) is 5.56 Å². The predicted molar refractivity (Wildman–Crippen MR) is 93.6 cm³/mol. The summed E-state index contributed by atoms with van der Waals surface area (Å²) in [4.78, 5) is 19.6. The molecule has 122 valence electrons. The number of nitrogen functional groups attached to an aromatic ring is 1. The lowest BCUT2D eigenvalue weighted by Gasteiger charge is -2.06. The maximum atomic E-state index is 11.6. The van der Waals surface area contributed by atoms with Crippen LogP contribution in [0.25, 0.3) is 11.1 Å². The highest BCUT2D eigenvalue weighted by Gasteiger charge is 2.11. The summed E-state index contributed by atoms with van der Waals surface area (Å²) in [5, 5.41) is 8.76. The third-order valence-corrected chi connectivity index (χ3v) is 3.50. The molecule has 6 nitrogen and oxygen atoms in total. The fraction of sp³-hybridized carbons (Fsp3) is 0. The largest absolute Gasteiger partial charge is 0.383 e. The molecule has 0 saturated heterocycles. The van der Waals surface area contributed by atoms with E-state index in [-0.39, 0.29) is 11.4 Å². The molecule has 3 aromatic rings. The molecule has 0 spiro atoms. The first kappa shape index (κ1) is 16.2. The Morgan fingerprint density at radius 2 is 1.80 bits per heavy atom. The Balaban J connectivity index is 1.86. The van der Waals surface area contributed by atoms with Gasteiger partial charge in [-0.3, -0.25) is 15.0 Å². The average Bonchev–Trinajstić information content (AvgIpc) is 2.67. The van der Waals surface area contributed by atoms with Gasteiger partial charge in [0.25, 0.3) is 5.91 Å². The fourth-order valence-corrected chi connectivity index (χ4v) is 2.20. The van der Waals surface area contributed by atoms with E-state index in [2.05, 4.69) is 21.8 Å². The first-order valence-corrected chi connectivity index (χ1v) is 7.40. The van der Waals surface area contributed by atoms with Gasteiger partial charge in [0.05, 0.1) is 5.56 Å². The van der Waals surface area contributed by atoms with Crippen molar-refractivity contribution >= 4 is 11.7 Å². The molecule has 2 heterocycles. The molecule has 0 radical (unpaired) electrons. The van der Waals surface area contributed by atoms with Crippen LogP contribution in [0.4, 0.5) is 5.82 Å². The van der Waals surface area contributed by atoms with Crippen LogP contribution in [0.15, 0.2) is 61.1 Å². The molecule has 0 aliphatic rings. The molecule has 1 aromatic carbocycles. The van der Waals surface area contributed by atoms with Gasteiger partial charge in [0, 0.05) is 35.3 Å². The molecule has 0 aliphatic heterocycles. The molecule has 6 heteroatoms. The number of anilines is 1. The standard InChI is InChI=1S/C19H14N4O2/c20-18-17(19(24)23-25)10-16(12-22-18)15-7-5-13(6-8-15)3-4-14-2-1-9-21-11-14/h1-2,5-12,25H,(H2,20,22)(H,23,24). The van der Waals surface area contributed by atoms with E-state index < -0.39 is 5.91 Å². The Kier molecular flexibility index (Phi) is 4.69. The topological polar surface area (TPSA) is 101 Å². The second-order valence-electron chi connectivity index (χ2n) is 5.17. The van der Waals surface area contributed by atoms with Crippen molar-refractivity contribution in [2.24, 2.45) is 0 Å². The van der Waals surface area contributed by atoms with E-state index in [1.165, 1.54) is 0 Å². The molecule has 2 aromatic heterocycles. The number of benzene rings is 1. The minimum Gasteiger partial charge on any atom is -0.383 e. The lowest BCUT2D eigenvalue weighted by Crippen LogP contribution is -2.20. The van der Waals surface area contributed by atoms with Crippen LogP contribution in [0.3, 0.4) is 0 Å². The summed E-state index contributed by atoms with van der Waals surface area (Å²) in [6.07, 6.45) is 4.97. The van der Waals surface area contributed by atoms with E-state index in [9.17, 15) is 4.79 Å². The van der Waals surface area contributed by atoms with E-state index >= 15 is 0 Å². The van der Waals surface area contributed by atoms with Crippen molar-refractivity contribution in [1.29, 1.82) is 0 Å². The van der Waals surface area contributed by atoms with Gasteiger partial charge in [-0.15, -0.1) is 0 Å². The van der Waals surface area contributed by atoms with Gasteiger partial charge >= 0.3 is 0 Å². The molecule has 1 amide bonds. The Labute approximate surface area is 144 Å². The van der Waals surface area contributed by atoms with Crippen LogP contribution >= 0.6 is 0 Å². The fourth-order valence-electron chi connectivity index (χ4n) is 2.20. The molecule has 0 fully saturated rings. The third-order valence-electron chi connectivity index (χ3n) is 3.50. The number of pyridine rings is 2. The number of amides is 1. The minimum atomic E-state index is -0.703. The van der Waals surface area contributed by atoms with Crippen LogP contribution in [0.5, 0.6) is 0 Å². The number of carbonyl (C=O) groups is 1. The predicted octanol–water partition coefficient (Wildman–Crippen LogP) is 2.24.